The summed E-state index contributed by atoms with van der Waals surface area (Å²) < 4.78 is 24.5. The molecule has 0 aliphatic rings. The van der Waals surface area contributed by atoms with Gasteiger partial charge in [0, 0.05) is 10.6 Å². The fraction of sp³-hybridized carbons (Fsp3) is 0.167. The van der Waals surface area contributed by atoms with Crippen LogP contribution in [0.25, 0.3) is 11.5 Å². The Morgan fingerprint density at radius 3 is 2.60 bits per heavy atom. The number of nitrogens with zero attached hydrogens (tertiary/aromatic N) is 2. The Hall–Kier alpha value is -2.73. The minimum Gasteiger partial charge on any atom is -0.449 e. The van der Waals surface area contributed by atoms with Gasteiger partial charge in [-0.25, -0.2) is 9.18 Å². The van der Waals surface area contributed by atoms with E-state index in [9.17, 15) is 9.18 Å². The maximum absolute atomic E-state index is 13.8. The fourth-order valence-corrected chi connectivity index (χ4v) is 2.30. The first-order valence-corrected chi connectivity index (χ1v) is 7.88. The molecule has 0 N–H and O–H groups in total. The summed E-state index contributed by atoms with van der Waals surface area (Å²) in [6.07, 6.45) is -0.825. The highest BCUT2D eigenvalue weighted by molar-refractivity contribution is 6.30. The highest BCUT2D eigenvalue weighted by Gasteiger charge is 2.22. The molecule has 0 amide bonds. The minimum absolute atomic E-state index is 0.123. The monoisotopic (exact) mass is 360 g/mol. The molecule has 128 valence electrons. The van der Waals surface area contributed by atoms with Crippen LogP contribution in [-0.2, 0) is 4.74 Å². The molecule has 0 fully saturated rings. The van der Waals surface area contributed by atoms with Gasteiger partial charge in [0.1, 0.15) is 5.82 Å². The van der Waals surface area contributed by atoms with Gasteiger partial charge in [0.25, 0.3) is 5.89 Å². The summed E-state index contributed by atoms with van der Waals surface area (Å²) >= 11 is 5.67. The molecule has 0 saturated carbocycles. The van der Waals surface area contributed by atoms with Gasteiger partial charge < -0.3 is 9.15 Å². The number of esters is 1. The third-order valence-corrected chi connectivity index (χ3v) is 3.76. The molecule has 25 heavy (non-hydrogen) atoms. The van der Waals surface area contributed by atoms with Crippen LogP contribution in [0.4, 0.5) is 4.39 Å². The number of hydrogen-bond donors (Lipinski definition) is 0. The van der Waals surface area contributed by atoms with Crippen LogP contribution in [0.2, 0.25) is 5.02 Å². The molecular weight excluding hydrogens is 347 g/mol. The lowest BCUT2D eigenvalue weighted by atomic mass is 10.1. The van der Waals surface area contributed by atoms with Crippen molar-refractivity contribution in [3.05, 3.63) is 70.3 Å². The number of halogens is 2. The molecule has 2 aromatic carbocycles. The first-order valence-electron chi connectivity index (χ1n) is 7.50. The normalized spacial score (nSPS) is 12.0. The molecule has 1 aromatic heterocycles. The Bertz CT molecular complexity index is 909. The number of carbonyl (C=O) groups excluding carboxylic acids is 1. The van der Waals surface area contributed by atoms with Crippen molar-refractivity contribution >= 4 is 17.6 Å². The zero-order valence-electron chi connectivity index (χ0n) is 13.5. The van der Waals surface area contributed by atoms with Gasteiger partial charge in [-0.1, -0.05) is 29.3 Å². The standard InChI is InChI=1S/C18H14ClFN2O3/c1-10-3-5-12(6-4-10)17-22-21-16(25-17)11(2)24-18(23)14-8-7-13(19)9-15(14)20/h3-9,11H,1-2H3/t11-/m1/s1. The number of benzene rings is 2. The summed E-state index contributed by atoms with van der Waals surface area (Å²) in [4.78, 5) is 12.1. The van der Waals surface area contributed by atoms with E-state index in [4.69, 9.17) is 20.8 Å². The topological polar surface area (TPSA) is 65.2 Å². The Balaban J connectivity index is 1.74. The van der Waals surface area contributed by atoms with Gasteiger partial charge in [-0.2, -0.15) is 0 Å². The maximum Gasteiger partial charge on any atom is 0.341 e. The van der Waals surface area contributed by atoms with Crippen molar-refractivity contribution in [2.75, 3.05) is 0 Å². The smallest absolute Gasteiger partial charge is 0.341 e. The van der Waals surface area contributed by atoms with E-state index in [-0.39, 0.29) is 16.5 Å². The lowest BCUT2D eigenvalue weighted by Crippen LogP contribution is -2.11. The van der Waals surface area contributed by atoms with Crippen molar-refractivity contribution in [3.63, 3.8) is 0 Å². The molecule has 5 nitrogen and oxygen atoms in total. The van der Waals surface area contributed by atoms with Crippen LogP contribution in [0, 0.1) is 12.7 Å². The third-order valence-electron chi connectivity index (χ3n) is 3.52. The van der Waals surface area contributed by atoms with Gasteiger partial charge in [-0.15, -0.1) is 10.2 Å². The molecule has 1 heterocycles. The molecule has 0 radical (unpaired) electrons. The molecule has 0 spiro atoms. The van der Waals surface area contributed by atoms with Crippen molar-refractivity contribution in [2.45, 2.75) is 20.0 Å². The van der Waals surface area contributed by atoms with Crippen LogP contribution in [0.3, 0.4) is 0 Å². The van der Waals surface area contributed by atoms with Gasteiger partial charge >= 0.3 is 5.97 Å². The number of carbonyl (C=O) groups is 1. The summed E-state index contributed by atoms with van der Waals surface area (Å²) in [6.45, 7) is 3.54. The van der Waals surface area contributed by atoms with Crippen molar-refractivity contribution in [3.8, 4) is 11.5 Å². The predicted molar refractivity (Wildman–Crippen MR) is 89.7 cm³/mol. The number of ether oxygens (including phenoxy) is 1. The molecule has 0 unspecified atom stereocenters. The Kier molecular flexibility index (Phi) is 4.81. The molecular formula is C18H14ClFN2O3. The Labute approximate surface area is 148 Å². The second-order valence-corrected chi connectivity index (χ2v) is 5.92. The van der Waals surface area contributed by atoms with Gasteiger partial charge in [-0.05, 0) is 44.2 Å². The van der Waals surface area contributed by atoms with Gasteiger partial charge in [0.15, 0.2) is 6.10 Å². The van der Waals surface area contributed by atoms with E-state index in [0.29, 0.717) is 5.89 Å². The van der Waals surface area contributed by atoms with Crippen molar-refractivity contribution in [1.29, 1.82) is 0 Å². The molecule has 7 heteroatoms. The van der Waals surface area contributed by atoms with Crippen LogP contribution in [0.1, 0.15) is 34.8 Å². The lowest BCUT2D eigenvalue weighted by Gasteiger charge is -2.10. The summed E-state index contributed by atoms with van der Waals surface area (Å²) in [7, 11) is 0. The molecule has 0 saturated heterocycles. The van der Waals surface area contributed by atoms with Crippen LogP contribution in [-0.4, -0.2) is 16.2 Å². The Morgan fingerprint density at radius 1 is 1.20 bits per heavy atom. The summed E-state index contributed by atoms with van der Waals surface area (Å²) in [5, 5.41) is 8.03. The van der Waals surface area contributed by atoms with E-state index < -0.39 is 17.9 Å². The summed E-state index contributed by atoms with van der Waals surface area (Å²) in [6, 6.07) is 11.3. The van der Waals surface area contributed by atoms with Crippen LogP contribution >= 0.6 is 11.6 Å². The second kappa shape index (κ2) is 7.03. The molecule has 0 aliphatic heterocycles. The molecule has 3 rings (SSSR count). The zero-order valence-corrected chi connectivity index (χ0v) is 14.2. The lowest BCUT2D eigenvalue weighted by molar-refractivity contribution is 0.0274. The van der Waals surface area contributed by atoms with Gasteiger partial charge in [0.05, 0.1) is 5.56 Å². The number of aryl methyl sites for hydroxylation is 1. The molecule has 0 bridgehead atoms. The summed E-state index contributed by atoms with van der Waals surface area (Å²) in [5.41, 5.74) is 1.65. The first-order chi connectivity index (χ1) is 11.9. The highest BCUT2D eigenvalue weighted by Crippen LogP contribution is 2.24. The largest absolute Gasteiger partial charge is 0.449 e. The summed E-state index contributed by atoms with van der Waals surface area (Å²) in [5.74, 6) is -1.15. The minimum atomic E-state index is -0.836. The molecule has 3 aromatic rings. The highest BCUT2D eigenvalue weighted by atomic mass is 35.5. The quantitative estimate of drug-likeness (QED) is 0.628. The van der Waals surface area contributed by atoms with Crippen LogP contribution in [0.15, 0.2) is 46.9 Å². The zero-order chi connectivity index (χ0) is 18.0. The average Bonchev–Trinajstić information content (AvgIpc) is 3.05. The first kappa shape index (κ1) is 17.1. The number of hydrogen-bond acceptors (Lipinski definition) is 5. The van der Waals surface area contributed by atoms with E-state index in [1.165, 1.54) is 12.1 Å². The second-order valence-electron chi connectivity index (χ2n) is 5.48. The van der Waals surface area contributed by atoms with Gasteiger partial charge in [-0.3, -0.25) is 0 Å². The van der Waals surface area contributed by atoms with Gasteiger partial charge in [0.2, 0.25) is 5.89 Å². The van der Waals surface area contributed by atoms with E-state index in [1.54, 1.807) is 6.92 Å². The van der Waals surface area contributed by atoms with E-state index >= 15 is 0 Å². The fourth-order valence-electron chi connectivity index (χ4n) is 2.14. The number of rotatable bonds is 4. The van der Waals surface area contributed by atoms with E-state index in [2.05, 4.69) is 10.2 Å². The van der Waals surface area contributed by atoms with Crippen LogP contribution < -0.4 is 0 Å². The number of aromatic nitrogens is 2. The van der Waals surface area contributed by atoms with E-state index in [0.717, 1.165) is 17.2 Å². The van der Waals surface area contributed by atoms with Crippen molar-refractivity contribution < 1.29 is 18.3 Å². The molecule has 0 aliphatic carbocycles. The van der Waals surface area contributed by atoms with Crippen molar-refractivity contribution in [2.24, 2.45) is 0 Å². The van der Waals surface area contributed by atoms with E-state index in [1.807, 2.05) is 31.2 Å². The SMILES string of the molecule is Cc1ccc(-c2nnc([C@@H](C)OC(=O)c3ccc(Cl)cc3F)o2)cc1. The maximum atomic E-state index is 13.8. The van der Waals surface area contributed by atoms with Crippen LogP contribution in [0.5, 0.6) is 0 Å². The van der Waals surface area contributed by atoms with Crippen molar-refractivity contribution in [1.82, 2.24) is 10.2 Å². The molecule has 1 atom stereocenters. The average molecular weight is 361 g/mol. The third kappa shape index (κ3) is 3.85. The predicted octanol–water partition coefficient (Wildman–Crippen LogP) is 4.76. The Morgan fingerprint density at radius 2 is 1.92 bits per heavy atom.